The second-order valence-corrected chi connectivity index (χ2v) is 5.65. The van der Waals surface area contributed by atoms with Crippen molar-refractivity contribution >= 4 is 5.69 Å². The van der Waals surface area contributed by atoms with Crippen LogP contribution in [0.4, 0.5) is 5.69 Å². The zero-order valence-corrected chi connectivity index (χ0v) is 11.5. The first-order chi connectivity index (χ1) is 9.42. The smallest absolute Gasteiger partial charge is 0.0553 e. The Morgan fingerprint density at radius 2 is 2.05 bits per heavy atom. The summed E-state index contributed by atoms with van der Waals surface area (Å²) in [4.78, 5) is 9.29. The highest BCUT2D eigenvalue weighted by molar-refractivity contribution is 5.43. The van der Waals surface area contributed by atoms with Gasteiger partial charge in [-0.25, -0.2) is 0 Å². The molecule has 1 aliphatic heterocycles. The Morgan fingerprint density at radius 1 is 1.16 bits per heavy atom. The number of allylic oxidation sites excluding steroid dienone is 2. The predicted octanol–water partition coefficient (Wildman–Crippen LogP) is 2.56. The van der Waals surface area contributed by atoms with E-state index in [1.165, 1.54) is 44.6 Å². The maximum absolute atomic E-state index is 4.21. The molecule has 1 atom stereocenters. The molecule has 0 unspecified atom stereocenters. The third-order valence-corrected chi connectivity index (χ3v) is 4.28. The van der Waals surface area contributed by atoms with Crippen molar-refractivity contribution < 1.29 is 0 Å². The van der Waals surface area contributed by atoms with Crippen molar-refractivity contribution in [3.63, 3.8) is 0 Å². The molecule has 1 fully saturated rings. The summed E-state index contributed by atoms with van der Waals surface area (Å²) < 4.78 is 0. The minimum Gasteiger partial charge on any atom is -0.368 e. The van der Waals surface area contributed by atoms with Crippen molar-refractivity contribution in [3.8, 4) is 0 Å². The van der Waals surface area contributed by atoms with Crippen LogP contribution in [0.15, 0.2) is 36.7 Å². The molecule has 19 heavy (non-hydrogen) atoms. The lowest BCUT2D eigenvalue weighted by atomic mass is 9.94. The fraction of sp³-hybridized carbons (Fsp3) is 0.562. The lowest BCUT2D eigenvalue weighted by Gasteiger charge is -2.37. The van der Waals surface area contributed by atoms with E-state index in [-0.39, 0.29) is 0 Å². The van der Waals surface area contributed by atoms with E-state index in [0.29, 0.717) is 0 Å². The van der Waals surface area contributed by atoms with Gasteiger partial charge in [-0.3, -0.25) is 9.88 Å². The van der Waals surface area contributed by atoms with E-state index >= 15 is 0 Å². The Kier molecular flexibility index (Phi) is 4.13. The Hall–Kier alpha value is -1.35. The van der Waals surface area contributed by atoms with Crippen LogP contribution >= 0.6 is 0 Å². The van der Waals surface area contributed by atoms with Gasteiger partial charge in [0.15, 0.2) is 0 Å². The van der Waals surface area contributed by atoms with E-state index in [9.17, 15) is 0 Å². The van der Waals surface area contributed by atoms with Gasteiger partial charge < -0.3 is 4.90 Å². The number of anilines is 1. The van der Waals surface area contributed by atoms with Crippen molar-refractivity contribution in [2.24, 2.45) is 5.92 Å². The lowest BCUT2D eigenvalue weighted by Crippen LogP contribution is -2.47. The number of pyridine rings is 1. The van der Waals surface area contributed by atoms with Crippen LogP contribution in [0, 0.1) is 5.92 Å². The zero-order chi connectivity index (χ0) is 12.9. The summed E-state index contributed by atoms with van der Waals surface area (Å²) in [7, 11) is 0. The van der Waals surface area contributed by atoms with Crippen molar-refractivity contribution in [2.75, 3.05) is 37.6 Å². The lowest BCUT2D eigenvalue weighted by molar-refractivity contribution is 0.211. The highest BCUT2D eigenvalue weighted by atomic mass is 15.3. The SMILES string of the molecule is C1=CC[C@H](CN2CCN(c3cccnc3)CC2)CC1. The summed E-state index contributed by atoms with van der Waals surface area (Å²) >= 11 is 0. The topological polar surface area (TPSA) is 19.4 Å². The minimum atomic E-state index is 0.884. The van der Waals surface area contributed by atoms with Crippen LogP contribution in [0.2, 0.25) is 0 Å². The van der Waals surface area contributed by atoms with E-state index in [1.54, 1.807) is 0 Å². The quantitative estimate of drug-likeness (QED) is 0.776. The number of piperazine rings is 1. The summed E-state index contributed by atoms with van der Waals surface area (Å²) in [6, 6.07) is 4.19. The van der Waals surface area contributed by atoms with Crippen molar-refractivity contribution in [2.45, 2.75) is 19.3 Å². The van der Waals surface area contributed by atoms with Crippen LogP contribution in [0.3, 0.4) is 0 Å². The number of rotatable bonds is 3. The van der Waals surface area contributed by atoms with Gasteiger partial charge in [-0.1, -0.05) is 12.2 Å². The Bertz CT molecular complexity index is 407. The average molecular weight is 257 g/mol. The van der Waals surface area contributed by atoms with Crippen LogP contribution in [0.25, 0.3) is 0 Å². The summed E-state index contributed by atoms with van der Waals surface area (Å²) in [5.41, 5.74) is 1.27. The van der Waals surface area contributed by atoms with E-state index in [4.69, 9.17) is 0 Å². The fourth-order valence-corrected chi connectivity index (χ4v) is 3.12. The van der Waals surface area contributed by atoms with Crippen LogP contribution < -0.4 is 4.90 Å². The number of nitrogens with zero attached hydrogens (tertiary/aromatic N) is 3. The highest BCUT2D eigenvalue weighted by Crippen LogP contribution is 2.21. The minimum absolute atomic E-state index is 0.884. The maximum atomic E-state index is 4.21. The molecular weight excluding hydrogens is 234 g/mol. The van der Waals surface area contributed by atoms with Crippen molar-refractivity contribution in [1.29, 1.82) is 0 Å². The molecule has 2 heterocycles. The van der Waals surface area contributed by atoms with E-state index in [1.807, 2.05) is 18.5 Å². The molecule has 102 valence electrons. The molecule has 2 aliphatic rings. The molecule has 3 nitrogen and oxygen atoms in total. The largest absolute Gasteiger partial charge is 0.368 e. The van der Waals surface area contributed by atoms with Gasteiger partial charge in [0.2, 0.25) is 0 Å². The van der Waals surface area contributed by atoms with Crippen LogP contribution in [0.1, 0.15) is 19.3 Å². The fourth-order valence-electron chi connectivity index (χ4n) is 3.12. The van der Waals surface area contributed by atoms with Crippen LogP contribution in [0.5, 0.6) is 0 Å². The van der Waals surface area contributed by atoms with E-state index in [0.717, 1.165) is 19.0 Å². The van der Waals surface area contributed by atoms with Gasteiger partial charge in [0, 0.05) is 38.9 Å². The van der Waals surface area contributed by atoms with Crippen molar-refractivity contribution in [1.82, 2.24) is 9.88 Å². The van der Waals surface area contributed by atoms with Gasteiger partial charge in [0.1, 0.15) is 0 Å². The highest BCUT2D eigenvalue weighted by Gasteiger charge is 2.20. The Labute approximate surface area is 115 Å². The molecule has 1 saturated heterocycles. The van der Waals surface area contributed by atoms with Gasteiger partial charge in [-0.05, 0) is 37.3 Å². The molecule has 0 aromatic carbocycles. The molecule has 1 aromatic rings. The third-order valence-electron chi connectivity index (χ3n) is 4.28. The molecule has 0 bridgehead atoms. The first-order valence-corrected chi connectivity index (χ1v) is 7.44. The zero-order valence-electron chi connectivity index (χ0n) is 11.5. The van der Waals surface area contributed by atoms with E-state index in [2.05, 4.69) is 33.0 Å². The second-order valence-electron chi connectivity index (χ2n) is 5.65. The summed E-state index contributed by atoms with van der Waals surface area (Å²) in [6.07, 6.45) is 12.4. The predicted molar refractivity (Wildman–Crippen MR) is 79.4 cm³/mol. The molecule has 0 amide bonds. The summed E-state index contributed by atoms with van der Waals surface area (Å²) in [5, 5.41) is 0. The average Bonchev–Trinajstić information content (AvgIpc) is 2.50. The van der Waals surface area contributed by atoms with Crippen molar-refractivity contribution in [3.05, 3.63) is 36.7 Å². The molecule has 1 aromatic heterocycles. The molecular formula is C16H23N3. The second kappa shape index (κ2) is 6.20. The van der Waals surface area contributed by atoms with Gasteiger partial charge in [-0.15, -0.1) is 0 Å². The first kappa shape index (κ1) is 12.7. The maximum Gasteiger partial charge on any atom is 0.0553 e. The molecule has 0 spiro atoms. The Morgan fingerprint density at radius 3 is 2.74 bits per heavy atom. The first-order valence-electron chi connectivity index (χ1n) is 7.44. The summed E-state index contributed by atoms with van der Waals surface area (Å²) in [5.74, 6) is 0.884. The summed E-state index contributed by atoms with van der Waals surface area (Å²) in [6.45, 7) is 5.93. The van der Waals surface area contributed by atoms with E-state index < -0.39 is 0 Å². The van der Waals surface area contributed by atoms with Crippen LogP contribution in [-0.2, 0) is 0 Å². The monoisotopic (exact) mass is 257 g/mol. The van der Waals surface area contributed by atoms with Crippen LogP contribution in [-0.4, -0.2) is 42.6 Å². The normalized spacial score (nSPS) is 24.6. The molecule has 3 rings (SSSR count). The third kappa shape index (κ3) is 3.35. The molecule has 0 saturated carbocycles. The standard InChI is InChI=1S/C16H23N3/c1-2-5-15(6-3-1)14-18-9-11-19(12-10-18)16-7-4-8-17-13-16/h1-2,4,7-8,13,15H,3,5-6,9-12,14H2/t15-/m0/s1. The number of hydrogen-bond acceptors (Lipinski definition) is 3. The molecule has 0 N–H and O–H groups in total. The van der Waals surface area contributed by atoms with Gasteiger partial charge >= 0.3 is 0 Å². The van der Waals surface area contributed by atoms with Gasteiger partial charge in [0.05, 0.1) is 11.9 Å². The van der Waals surface area contributed by atoms with Gasteiger partial charge in [-0.2, -0.15) is 0 Å². The Balaban J connectivity index is 1.48. The van der Waals surface area contributed by atoms with Gasteiger partial charge in [0.25, 0.3) is 0 Å². The number of aromatic nitrogens is 1. The molecule has 0 radical (unpaired) electrons. The number of hydrogen-bond donors (Lipinski definition) is 0. The molecule has 3 heteroatoms. The molecule has 1 aliphatic carbocycles.